The molecule has 8 nitrogen and oxygen atoms in total. The molecule has 3 heterocycles. The number of nitrogens with zero attached hydrogens (tertiary/aromatic N) is 4. The first-order chi connectivity index (χ1) is 13.5. The van der Waals surface area contributed by atoms with E-state index >= 15 is 0 Å². The van der Waals surface area contributed by atoms with E-state index < -0.39 is 0 Å². The number of H-pyrrole nitrogens is 1. The zero-order valence-electron chi connectivity index (χ0n) is 15.3. The third kappa shape index (κ3) is 3.44. The molecule has 2 N–H and O–H groups in total. The number of nitrogens with one attached hydrogen (secondary N) is 2. The lowest BCUT2D eigenvalue weighted by molar-refractivity contribution is -0.115. The first-order valence-corrected chi connectivity index (χ1v) is 9.66. The lowest BCUT2D eigenvalue weighted by Gasteiger charge is -2.11. The first-order valence-electron chi connectivity index (χ1n) is 8.78. The van der Waals surface area contributed by atoms with E-state index in [4.69, 9.17) is 0 Å². The molecule has 0 unspecified atom stereocenters. The highest BCUT2D eigenvalue weighted by Gasteiger charge is 2.15. The minimum Gasteiger partial charge on any atom is -0.324 e. The summed E-state index contributed by atoms with van der Waals surface area (Å²) < 4.78 is 1.54. The van der Waals surface area contributed by atoms with Gasteiger partial charge in [0.15, 0.2) is 5.65 Å². The predicted molar refractivity (Wildman–Crippen MR) is 108 cm³/mol. The fraction of sp³-hybridized carbons (Fsp3) is 0.211. The van der Waals surface area contributed by atoms with E-state index in [1.54, 1.807) is 22.1 Å². The molecule has 0 radical (unpaired) electrons. The van der Waals surface area contributed by atoms with Crippen LogP contribution in [-0.2, 0) is 11.2 Å². The van der Waals surface area contributed by atoms with E-state index in [1.807, 2.05) is 23.6 Å². The quantitative estimate of drug-likeness (QED) is 0.541. The molecule has 1 amide bonds. The van der Waals surface area contributed by atoms with E-state index in [1.165, 1.54) is 12.5 Å². The normalized spacial score (nSPS) is 11.2. The maximum Gasteiger partial charge on any atom is 0.261 e. The summed E-state index contributed by atoms with van der Waals surface area (Å²) in [6.45, 7) is 4.15. The van der Waals surface area contributed by atoms with Gasteiger partial charge in [-0.25, -0.2) is 14.6 Å². The number of hydrogen-bond acceptors (Lipinski definition) is 6. The zero-order valence-corrected chi connectivity index (χ0v) is 16.2. The third-order valence-corrected chi connectivity index (χ3v) is 5.38. The van der Waals surface area contributed by atoms with Gasteiger partial charge in [-0.2, -0.15) is 5.10 Å². The molecule has 0 aliphatic carbocycles. The number of fused-ring (bicyclic) bond motifs is 1. The number of aromatic nitrogens is 5. The molecule has 1 aromatic carbocycles. The van der Waals surface area contributed by atoms with Crippen molar-refractivity contribution in [1.29, 1.82) is 0 Å². The van der Waals surface area contributed by atoms with Crippen LogP contribution in [0.5, 0.6) is 0 Å². The Hall–Kier alpha value is -3.33. The van der Waals surface area contributed by atoms with E-state index in [9.17, 15) is 9.59 Å². The average molecular weight is 394 g/mol. The number of carbonyl (C=O) groups is 1. The Morgan fingerprint density at radius 2 is 2.14 bits per heavy atom. The van der Waals surface area contributed by atoms with Crippen LogP contribution in [0.1, 0.15) is 30.5 Å². The van der Waals surface area contributed by atoms with Crippen molar-refractivity contribution in [2.45, 2.75) is 26.2 Å². The highest BCUT2D eigenvalue weighted by atomic mass is 32.1. The van der Waals surface area contributed by atoms with Crippen LogP contribution in [0.25, 0.3) is 16.7 Å². The molecule has 0 saturated heterocycles. The molecule has 0 saturated carbocycles. The van der Waals surface area contributed by atoms with Gasteiger partial charge in [-0.15, -0.1) is 11.3 Å². The monoisotopic (exact) mass is 394 g/mol. The van der Waals surface area contributed by atoms with E-state index in [-0.39, 0.29) is 17.9 Å². The van der Waals surface area contributed by atoms with Crippen molar-refractivity contribution in [1.82, 2.24) is 24.7 Å². The molecule has 3 aromatic heterocycles. The van der Waals surface area contributed by atoms with Gasteiger partial charge < -0.3 is 10.3 Å². The van der Waals surface area contributed by atoms with E-state index in [0.717, 1.165) is 10.7 Å². The van der Waals surface area contributed by atoms with Gasteiger partial charge in [-0.1, -0.05) is 26.0 Å². The van der Waals surface area contributed by atoms with Crippen LogP contribution >= 0.6 is 11.3 Å². The summed E-state index contributed by atoms with van der Waals surface area (Å²) in [7, 11) is 0. The van der Waals surface area contributed by atoms with Crippen LogP contribution in [0, 0.1) is 0 Å². The molecular weight excluding hydrogens is 376 g/mol. The van der Waals surface area contributed by atoms with Crippen LogP contribution < -0.4 is 10.9 Å². The van der Waals surface area contributed by atoms with Crippen LogP contribution in [0.3, 0.4) is 0 Å². The lowest BCUT2D eigenvalue weighted by Crippen LogP contribution is -2.16. The van der Waals surface area contributed by atoms with Crippen LogP contribution in [-0.4, -0.2) is 30.6 Å². The Kier molecular flexibility index (Phi) is 4.74. The zero-order chi connectivity index (χ0) is 19.7. The van der Waals surface area contributed by atoms with Crippen molar-refractivity contribution in [2.24, 2.45) is 0 Å². The van der Waals surface area contributed by atoms with Gasteiger partial charge in [0.25, 0.3) is 5.56 Å². The molecule has 142 valence electrons. The largest absolute Gasteiger partial charge is 0.324 e. The number of amides is 1. The summed E-state index contributed by atoms with van der Waals surface area (Å²) in [6.07, 6.45) is 2.98. The van der Waals surface area contributed by atoms with Gasteiger partial charge in [0.05, 0.1) is 41.0 Å². The molecule has 0 aliphatic rings. The Morgan fingerprint density at radius 3 is 2.93 bits per heavy atom. The van der Waals surface area contributed by atoms with Crippen molar-refractivity contribution in [3.05, 3.63) is 63.2 Å². The number of anilines is 1. The number of thiazole rings is 1. The van der Waals surface area contributed by atoms with Gasteiger partial charge >= 0.3 is 0 Å². The van der Waals surface area contributed by atoms with E-state index in [0.29, 0.717) is 28.3 Å². The topological polar surface area (TPSA) is 106 Å². The molecule has 4 aromatic rings. The van der Waals surface area contributed by atoms with Gasteiger partial charge in [-0.05, 0) is 12.1 Å². The van der Waals surface area contributed by atoms with Gasteiger partial charge in [0.2, 0.25) is 5.91 Å². The smallest absolute Gasteiger partial charge is 0.261 e. The molecule has 0 aliphatic heterocycles. The summed E-state index contributed by atoms with van der Waals surface area (Å²) in [6, 6.07) is 7.25. The maximum absolute atomic E-state index is 12.6. The van der Waals surface area contributed by atoms with Gasteiger partial charge in [0.1, 0.15) is 5.39 Å². The second-order valence-electron chi connectivity index (χ2n) is 6.60. The fourth-order valence-corrected chi connectivity index (χ4v) is 3.66. The number of carbonyl (C=O) groups excluding carboxylic acids is 1. The number of hydrogen-bond donors (Lipinski definition) is 2. The Balaban J connectivity index is 1.61. The molecule has 0 spiro atoms. The molecule has 9 heteroatoms. The summed E-state index contributed by atoms with van der Waals surface area (Å²) in [5.41, 5.74) is 2.12. The van der Waals surface area contributed by atoms with Crippen molar-refractivity contribution >= 4 is 34.0 Å². The number of para-hydroxylation sites is 2. The number of benzene rings is 1. The van der Waals surface area contributed by atoms with Crippen LogP contribution in [0.4, 0.5) is 5.69 Å². The highest BCUT2D eigenvalue weighted by molar-refractivity contribution is 7.09. The van der Waals surface area contributed by atoms with Crippen molar-refractivity contribution in [2.75, 3.05) is 5.32 Å². The summed E-state index contributed by atoms with van der Waals surface area (Å²) >= 11 is 1.56. The van der Waals surface area contributed by atoms with Crippen molar-refractivity contribution in [3.8, 4) is 5.69 Å². The van der Waals surface area contributed by atoms with Gasteiger partial charge in [0, 0.05) is 11.3 Å². The fourth-order valence-electron chi connectivity index (χ4n) is 2.82. The lowest BCUT2D eigenvalue weighted by atomic mass is 10.2. The molecule has 0 fully saturated rings. The number of aromatic amines is 1. The summed E-state index contributed by atoms with van der Waals surface area (Å²) in [5.74, 6) is 0.168. The molecule has 0 atom stereocenters. The molecular formula is C19H18N6O2S. The highest BCUT2D eigenvalue weighted by Crippen LogP contribution is 2.23. The minimum atomic E-state index is -0.262. The van der Waals surface area contributed by atoms with Crippen molar-refractivity contribution in [3.63, 3.8) is 0 Å². The minimum absolute atomic E-state index is 0.171. The SMILES string of the molecule is CC(C)c1nc(CC(=O)Nc2ccccc2-n2ncc3c(=O)[nH]cnc32)cs1. The average Bonchev–Trinajstić information content (AvgIpc) is 3.30. The Bertz CT molecular complexity index is 1210. The number of rotatable bonds is 5. The third-order valence-electron chi connectivity index (χ3n) is 4.18. The second-order valence-corrected chi connectivity index (χ2v) is 7.49. The standard InChI is InChI=1S/C19H18N6O2S/c1-11(2)19-23-12(9-28-19)7-16(26)24-14-5-3-4-6-15(14)25-17-13(8-22-25)18(27)21-10-20-17/h3-6,8-11H,7H2,1-2H3,(H,24,26)(H,20,21,27). The van der Waals surface area contributed by atoms with Crippen molar-refractivity contribution < 1.29 is 4.79 Å². The Labute approximate surface area is 164 Å². The Morgan fingerprint density at radius 1 is 1.32 bits per heavy atom. The molecule has 0 bridgehead atoms. The van der Waals surface area contributed by atoms with Crippen LogP contribution in [0.15, 0.2) is 47.0 Å². The predicted octanol–water partition coefficient (Wildman–Crippen LogP) is 2.87. The first kappa shape index (κ1) is 18.1. The van der Waals surface area contributed by atoms with Gasteiger partial charge in [-0.3, -0.25) is 9.59 Å². The second kappa shape index (κ2) is 7.35. The molecule has 28 heavy (non-hydrogen) atoms. The summed E-state index contributed by atoms with van der Waals surface area (Å²) in [5, 5.41) is 10.5. The van der Waals surface area contributed by atoms with Crippen LogP contribution in [0.2, 0.25) is 0 Å². The molecule has 4 rings (SSSR count). The maximum atomic E-state index is 12.6. The van der Waals surface area contributed by atoms with E-state index in [2.05, 4.69) is 39.2 Å². The summed E-state index contributed by atoms with van der Waals surface area (Å²) in [4.78, 5) is 35.7.